The highest BCUT2D eigenvalue weighted by Gasteiger charge is 2.41. The Morgan fingerprint density at radius 2 is 0.477 bits per heavy atom. The fourth-order valence-corrected chi connectivity index (χ4v) is 13.6. The average Bonchev–Trinajstić information content (AvgIpc) is 3.11. The van der Waals surface area contributed by atoms with Crippen molar-refractivity contribution < 1.29 is 0 Å². The van der Waals surface area contributed by atoms with Crippen LogP contribution in [0.1, 0.15) is 200 Å². The monoisotopic (exact) mass is 606 g/mol. The summed E-state index contributed by atoms with van der Waals surface area (Å²) >= 11 is 0. The third-order valence-corrected chi connectivity index (χ3v) is 16.3. The van der Waals surface area contributed by atoms with E-state index in [-0.39, 0.29) is 0 Å². The highest BCUT2D eigenvalue weighted by atomic mass is 15.2. The maximum Gasteiger partial charge on any atom is 0.0101 e. The van der Waals surface area contributed by atoms with Gasteiger partial charge in [-0.3, -0.25) is 4.90 Å². The molecule has 0 unspecified atom stereocenters. The summed E-state index contributed by atoms with van der Waals surface area (Å²) in [6.07, 6.45) is 46.7. The van der Waals surface area contributed by atoms with Gasteiger partial charge in [-0.05, 0) is 182 Å². The molecule has 44 heavy (non-hydrogen) atoms. The van der Waals surface area contributed by atoms with Gasteiger partial charge in [0.05, 0.1) is 0 Å². The maximum absolute atomic E-state index is 3.28. The molecule has 0 aromatic heterocycles. The molecule has 0 radical (unpaired) electrons. The van der Waals surface area contributed by atoms with Crippen molar-refractivity contribution in [3.05, 3.63) is 0 Å². The summed E-state index contributed by atoms with van der Waals surface area (Å²) in [5, 5.41) is 0. The molecule has 0 aromatic carbocycles. The van der Waals surface area contributed by atoms with E-state index in [1.165, 1.54) is 64.2 Å². The number of hydrogen-bond acceptors (Lipinski definition) is 1. The van der Waals surface area contributed by atoms with Crippen molar-refractivity contribution in [1.82, 2.24) is 4.90 Å². The van der Waals surface area contributed by atoms with Gasteiger partial charge >= 0.3 is 0 Å². The van der Waals surface area contributed by atoms with Crippen LogP contribution < -0.4 is 0 Å². The van der Waals surface area contributed by atoms with Crippen LogP contribution in [0.15, 0.2) is 0 Å². The molecule has 7 saturated carbocycles. The Balaban J connectivity index is 0.895. The quantitative estimate of drug-likeness (QED) is 0.279. The average molecular weight is 606 g/mol. The summed E-state index contributed by atoms with van der Waals surface area (Å²) in [5.41, 5.74) is 0. The summed E-state index contributed by atoms with van der Waals surface area (Å²) in [7, 11) is 0. The van der Waals surface area contributed by atoms with Gasteiger partial charge in [0.25, 0.3) is 0 Å². The Morgan fingerprint density at radius 1 is 0.250 bits per heavy atom. The van der Waals surface area contributed by atoms with E-state index in [0.717, 1.165) is 71.4 Å². The summed E-state index contributed by atoms with van der Waals surface area (Å²) < 4.78 is 0. The molecule has 1 heteroatoms. The molecule has 0 bridgehead atoms. The normalized spacial score (nSPS) is 44.0. The Kier molecular flexibility index (Phi) is 11.7. The van der Waals surface area contributed by atoms with Gasteiger partial charge in [0.2, 0.25) is 0 Å². The van der Waals surface area contributed by atoms with Crippen LogP contribution in [0.25, 0.3) is 0 Å². The lowest BCUT2D eigenvalue weighted by molar-refractivity contribution is -0.00809. The third-order valence-electron chi connectivity index (χ3n) is 16.3. The smallest absolute Gasteiger partial charge is 0.0101 e. The van der Waals surface area contributed by atoms with Crippen LogP contribution in [0.5, 0.6) is 0 Å². The fraction of sp³-hybridized carbons (Fsp3) is 1.00. The molecule has 0 amide bonds. The second-order valence-corrected chi connectivity index (χ2v) is 18.6. The van der Waals surface area contributed by atoms with Crippen LogP contribution in [-0.2, 0) is 0 Å². The molecule has 7 aliphatic carbocycles. The minimum Gasteiger partial charge on any atom is -0.294 e. The van der Waals surface area contributed by atoms with Gasteiger partial charge in [-0.25, -0.2) is 0 Å². The first-order chi connectivity index (χ1) is 21.7. The largest absolute Gasteiger partial charge is 0.294 e. The van der Waals surface area contributed by atoms with E-state index < -0.39 is 0 Å². The van der Waals surface area contributed by atoms with Gasteiger partial charge < -0.3 is 0 Å². The van der Waals surface area contributed by atoms with Crippen LogP contribution in [0.3, 0.4) is 0 Å². The van der Waals surface area contributed by atoms with Crippen LogP contribution in [0.4, 0.5) is 0 Å². The van der Waals surface area contributed by atoms with Gasteiger partial charge in [0, 0.05) is 18.1 Å². The molecule has 7 fully saturated rings. The van der Waals surface area contributed by atoms with Gasteiger partial charge in [-0.1, -0.05) is 71.1 Å². The van der Waals surface area contributed by atoms with Crippen LogP contribution in [-0.4, -0.2) is 23.0 Å². The first-order valence-corrected chi connectivity index (χ1v) is 21.5. The minimum atomic E-state index is 0.922. The van der Waals surface area contributed by atoms with E-state index >= 15 is 0 Å². The second-order valence-electron chi connectivity index (χ2n) is 18.6. The first-order valence-electron chi connectivity index (χ1n) is 21.5. The van der Waals surface area contributed by atoms with Crippen molar-refractivity contribution in [3.63, 3.8) is 0 Å². The van der Waals surface area contributed by atoms with E-state index in [4.69, 9.17) is 0 Å². The van der Waals surface area contributed by atoms with Gasteiger partial charge in [0.15, 0.2) is 0 Å². The lowest BCUT2D eigenvalue weighted by Crippen LogP contribution is -2.53. The number of rotatable bonds is 7. The molecule has 0 atom stereocenters. The van der Waals surface area contributed by atoms with Gasteiger partial charge in [-0.2, -0.15) is 0 Å². The first kappa shape index (κ1) is 32.5. The van der Waals surface area contributed by atoms with Gasteiger partial charge in [0.1, 0.15) is 0 Å². The lowest BCUT2D eigenvalue weighted by Gasteiger charge is -2.51. The molecule has 252 valence electrons. The van der Waals surface area contributed by atoms with Crippen molar-refractivity contribution >= 4 is 0 Å². The van der Waals surface area contributed by atoms with Crippen molar-refractivity contribution in [2.75, 3.05) is 0 Å². The molecule has 7 aliphatic rings. The predicted molar refractivity (Wildman–Crippen MR) is 189 cm³/mol. The second kappa shape index (κ2) is 15.9. The Hall–Kier alpha value is -0.0400. The van der Waals surface area contributed by atoms with Crippen molar-refractivity contribution in [1.29, 1.82) is 0 Å². The maximum atomic E-state index is 3.28. The Labute approximate surface area is 275 Å². The summed E-state index contributed by atoms with van der Waals surface area (Å²) in [5.74, 6) is 9.73. The molecule has 7 rings (SSSR count). The Morgan fingerprint density at radius 3 is 0.773 bits per heavy atom. The zero-order chi connectivity index (χ0) is 29.7. The van der Waals surface area contributed by atoms with E-state index in [0.29, 0.717) is 0 Å². The van der Waals surface area contributed by atoms with Crippen LogP contribution in [0.2, 0.25) is 0 Å². The molecule has 0 N–H and O–H groups in total. The lowest BCUT2D eigenvalue weighted by atomic mass is 9.65. The third kappa shape index (κ3) is 7.97. The van der Waals surface area contributed by atoms with Crippen molar-refractivity contribution in [2.45, 2.75) is 218 Å². The van der Waals surface area contributed by atoms with Crippen LogP contribution >= 0.6 is 0 Å². The molecule has 0 heterocycles. The van der Waals surface area contributed by atoms with Crippen molar-refractivity contribution in [2.24, 2.45) is 53.3 Å². The summed E-state index contributed by atoms with van der Waals surface area (Å²) in [6.45, 7) is 2.53. The van der Waals surface area contributed by atoms with E-state index in [1.807, 2.05) is 0 Å². The molecular formula is C43H75N. The topological polar surface area (TPSA) is 3.24 Å². The molecule has 0 saturated heterocycles. The molecular weight excluding hydrogens is 530 g/mol. The molecule has 0 spiro atoms. The number of nitrogens with zero attached hydrogens (tertiary/aromatic N) is 1. The summed E-state index contributed by atoms with van der Waals surface area (Å²) in [4.78, 5) is 3.28. The van der Waals surface area contributed by atoms with E-state index in [1.54, 1.807) is 128 Å². The van der Waals surface area contributed by atoms with Gasteiger partial charge in [-0.15, -0.1) is 0 Å². The molecule has 0 aromatic rings. The van der Waals surface area contributed by atoms with Crippen LogP contribution in [0, 0.1) is 53.3 Å². The SMILES string of the molecule is CC1CCC(N(C2CCC(C3CCC(C4CCCCC4)CC3)CC2)C2CCC(C3CCC(C4CCCCC4)CC3)CC2)CC1. The van der Waals surface area contributed by atoms with Crippen molar-refractivity contribution in [3.8, 4) is 0 Å². The zero-order valence-electron chi connectivity index (χ0n) is 29.6. The molecule has 0 aliphatic heterocycles. The highest BCUT2D eigenvalue weighted by molar-refractivity contribution is 4.95. The standard InChI is InChI=1S/C43H75N/c1-32-12-26-41(27-13-32)44(42-28-22-39(23-29-42)37-18-14-35(15-19-37)33-8-4-2-5-9-33)43-30-24-40(25-31-43)38-20-16-36(17-21-38)34-10-6-3-7-11-34/h32-43H,2-31H2,1H3. The zero-order valence-corrected chi connectivity index (χ0v) is 29.6. The fourth-order valence-electron chi connectivity index (χ4n) is 13.6. The summed E-state index contributed by atoms with van der Waals surface area (Å²) in [6, 6.07) is 2.78. The van der Waals surface area contributed by atoms with E-state index in [9.17, 15) is 0 Å². The highest BCUT2D eigenvalue weighted by Crippen LogP contribution is 2.48. The van der Waals surface area contributed by atoms with E-state index in [2.05, 4.69) is 11.8 Å². The number of hydrogen-bond donors (Lipinski definition) is 0. The molecule has 1 nitrogen and oxygen atoms in total. The predicted octanol–water partition coefficient (Wildman–Crippen LogP) is 12.8. The Bertz CT molecular complexity index is 740. The minimum absolute atomic E-state index is 0.922.